The van der Waals surface area contributed by atoms with Crippen LogP contribution in [0.4, 0.5) is 4.39 Å². The first-order valence-electron chi connectivity index (χ1n) is 5.55. The van der Waals surface area contributed by atoms with Crippen molar-refractivity contribution < 1.29 is 4.39 Å². The van der Waals surface area contributed by atoms with E-state index in [0.717, 1.165) is 11.4 Å². The van der Waals surface area contributed by atoms with Gasteiger partial charge in [-0.15, -0.1) is 12.4 Å². The van der Waals surface area contributed by atoms with Gasteiger partial charge in [0.05, 0.1) is 17.9 Å². The fourth-order valence-electron chi connectivity index (χ4n) is 1.59. The number of nitrogens with one attached hydrogen (secondary N) is 1. The lowest BCUT2D eigenvalue weighted by Crippen LogP contribution is -2.14. The fraction of sp³-hybridized carbons (Fsp3) is 0.455. The Bertz CT molecular complexity index is 467. The first-order valence-corrected chi connectivity index (χ1v) is 5.55. The van der Waals surface area contributed by atoms with Gasteiger partial charge in [0, 0.05) is 32.5 Å². The van der Waals surface area contributed by atoms with Crippen LogP contribution in [0, 0.1) is 0 Å². The van der Waals surface area contributed by atoms with Crippen LogP contribution in [0.15, 0.2) is 24.5 Å². The minimum Gasteiger partial charge on any atom is -0.305 e. The number of aryl methyl sites for hydroxylation is 2. The Morgan fingerprint density at radius 2 is 1.83 bits per heavy atom. The molecule has 7 heteroatoms. The maximum Gasteiger partial charge on any atom is 0.109 e. The van der Waals surface area contributed by atoms with Crippen molar-refractivity contribution in [1.29, 1.82) is 0 Å². The van der Waals surface area contributed by atoms with E-state index < -0.39 is 0 Å². The van der Waals surface area contributed by atoms with Crippen molar-refractivity contribution in [2.24, 2.45) is 7.05 Å². The topological polar surface area (TPSA) is 47.7 Å². The van der Waals surface area contributed by atoms with Crippen molar-refractivity contribution in [3.8, 4) is 0 Å². The molecular formula is C11H17ClFN5. The molecule has 100 valence electrons. The Morgan fingerprint density at radius 3 is 2.44 bits per heavy atom. The van der Waals surface area contributed by atoms with Crippen LogP contribution in [0.5, 0.6) is 0 Å². The molecule has 0 fully saturated rings. The highest BCUT2D eigenvalue weighted by atomic mass is 35.5. The normalized spacial score (nSPS) is 10.3. The summed E-state index contributed by atoms with van der Waals surface area (Å²) in [5.74, 6) is 0. The van der Waals surface area contributed by atoms with Crippen LogP contribution in [-0.4, -0.2) is 26.2 Å². The van der Waals surface area contributed by atoms with Crippen LogP contribution in [0.3, 0.4) is 0 Å². The summed E-state index contributed by atoms with van der Waals surface area (Å²) in [6.07, 6.45) is 3.70. The zero-order valence-corrected chi connectivity index (χ0v) is 11.0. The van der Waals surface area contributed by atoms with Gasteiger partial charge in [0.2, 0.25) is 0 Å². The summed E-state index contributed by atoms with van der Waals surface area (Å²) in [5, 5.41) is 11.7. The van der Waals surface area contributed by atoms with Crippen molar-refractivity contribution in [1.82, 2.24) is 24.9 Å². The lowest BCUT2D eigenvalue weighted by molar-refractivity contribution is 0.425. The molecule has 5 nitrogen and oxygen atoms in total. The molecule has 0 atom stereocenters. The Kier molecular flexibility index (Phi) is 5.80. The van der Waals surface area contributed by atoms with E-state index in [9.17, 15) is 4.39 Å². The quantitative estimate of drug-likeness (QED) is 0.863. The summed E-state index contributed by atoms with van der Waals surface area (Å²) in [6.45, 7) is 1.30. The van der Waals surface area contributed by atoms with E-state index in [1.165, 1.54) is 0 Å². The summed E-state index contributed by atoms with van der Waals surface area (Å²) < 4.78 is 15.5. The highest BCUT2D eigenvalue weighted by Gasteiger charge is 2.00. The Labute approximate surface area is 111 Å². The van der Waals surface area contributed by atoms with E-state index in [4.69, 9.17) is 0 Å². The zero-order chi connectivity index (χ0) is 12.1. The van der Waals surface area contributed by atoms with Gasteiger partial charge in [-0.05, 0) is 12.1 Å². The first kappa shape index (κ1) is 14.7. The predicted octanol–water partition coefficient (Wildman–Crippen LogP) is 1.30. The number of rotatable bonds is 6. The molecule has 0 unspecified atom stereocenters. The van der Waals surface area contributed by atoms with E-state index in [1.807, 2.05) is 25.4 Å². The van der Waals surface area contributed by atoms with Gasteiger partial charge < -0.3 is 5.32 Å². The summed E-state index contributed by atoms with van der Waals surface area (Å²) in [4.78, 5) is 0. The molecule has 0 spiro atoms. The lowest BCUT2D eigenvalue weighted by Gasteiger charge is -1.99. The smallest absolute Gasteiger partial charge is 0.109 e. The molecule has 2 aromatic heterocycles. The third-order valence-electron chi connectivity index (χ3n) is 2.39. The second kappa shape index (κ2) is 7.13. The van der Waals surface area contributed by atoms with Crippen LogP contribution < -0.4 is 5.32 Å². The summed E-state index contributed by atoms with van der Waals surface area (Å²) in [5.41, 5.74) is 1.91. The number of hydrogen-bond donors (Lipinski definition) is 1. The maximum absolute atomic E-state index is 12.1. The number of halogens is 2. The van der Waals surface area contributed by atoms with Crippen molar-refractivity contribution in [2.75, 3.05) is 6.67 Å². The van der Waals surface area contributed by atoms with E-state index >= 15 is 0 Å². The number of hydrogen-bond acceptors (Lipinski definition) is 3. The van der Waals surface area contributed by atoms with Crippen molar-refractivity contribution in [3.63, 3.8) is 0 Å². The van der Waals surface area contributed by atoms with Gasteiger partial charge in [0.25, 0.3) is 0 Å². The summed E-state index contributed by atoms with van der Waals surface area (Å²) in [7, 11) is 1.89. The van der Waals surface area contributed by atoms with Gasteiger partial charge in [-0.3, -0.25) is 9.36 Å². The molecule has 0 radical (unpaired) electrons. The van der Waals surface area contributed by atoms with E-state index in [2.05, 4.69) is 15.5 Å². The number of nitrogens with zero attached hydrogens (tertiary/aromatic N) is 4. The predicted molar refractivity (Wildman–Crippen MR) is 69.2 cm³/mol. The molecule has 1 N–H and O–H groups in total. The monoisotopic (exact) mass is 273 g/mol. The van der Waals surface area contributed by atoms with Crippen LogP contribution >= 0.6 is 12.4 Å². The zero-order valence-electron chi connectivity index (χ0n) is 10.2. The molecule has 0 bridgehead atoms. The van der Waals surface area contributed by atoms with Crippen LogP contribution in [-0.2, 0) is 26.7 Å². The van der Waals surface area contributed by atoms with Crippen LogP contribution in [0.1, 0.15) is 11.4 Å². The molecule has 0 saturated heterocycles. The molecular weight excluding hydrogens is 257 g/mol. The largest absolute Gasteiger partial charge is 0.305 e. The molecule has 18 heavy (non-hydrogen) atoms. The maximum atomic E-state index is 12.1. The molecule has 0 aliphatic rings. The lowest BCUT2D eigenvalue weighted by atomic mass is 10.4. The third-order valence-corrected chi connectivity index (χ3v) is 2.39. The van der Waals surface area contributed by atoms with Gasteiger partial charge >= 0.3 is 0 Å². The average molecular weight is 274 g/mol. The summed E-state index contributed by atoms with van der Waals surface area (Å²) in [6, 6.07) is 3.86. The van der Waals surface area contributed by atoms with E-state index in [-0.39, 0.29) is 19.1 Å². The molecule has 0 aliphatic heterocycles. The summed E-state index contributed by atoms with van der Waals surface area (Å²) >= 11 is 0. The number of aromatic nitrogens is 4. The average Bonchev–Trinajstić information content (AvgIpc) is 2.89. The second-order valence-electron chi connectivity index (χ2n) is 3.84. The fourth-order valence-corrected chi connectivity index (χ4v) is 1.59. The minimum absolute atomic E-state index is 0. The molecule has 0 aromatic carbocycles. The Morgan fingerprint density at radius 1 is 1.17 bits per heavy atom. The van der Waals surface area contributed by atoms with Gasteiger partial charge in [-0.1, -0.05) is 0 Å². The standard InChI is InChI=1S/C11H16FN5.ClH/c1-16-5-2-10(14-16)8-13-9-11-3-6-17(15-11)7-4-12;/h2-3,5-6,13H,4,7-9H2,1H3;1H. The Balaban J connectivity index is 0.00000162. The molecule has 2 aromatic rings. The highest BCUT2D eigenvalue weighted by molar-refractivity contribution is 5.85. The first-order chi connectivity index (χ1) is 8.28. The van der Waals surface area contributed by atoms with Crippen molar-refractivity contribution in [2.45, 2.75) is 19.6 Å². The molecule has 2 heterocycles. The molecule has 0 aliphatic carbocycles. The number of alkyl halides is 1. The van der Waals surface area contributed by atoms with Crippen molar-refractivity contribution >= 4 is 12.4 Å². The second-order valence-corrected chi connectivity index (χ2v) is 3.84. The van der Waals surface area contributed by atoms with Gasteiger partial charge in [0.1, 0.15) is 6.67 Å². The third kappa shape index (κ3) is 4.12. The molecule has 0 saturated carbocycles. The molecule has 0 amide bonds. The van der Waals surface area contributed by atoms with Crippen molar-refractivity contribution in [3.05, 3.63) is 35.9 Å². The molecule has 2 rings (SSSR count). The SMILES string of the molecule is Cl.Cn1ccc(CNCc2ccn(CCF)n2)n1. The van der Waals surface area contributed by atoms with Crippen LogP contribution in [0.25, 0.3) is 0 Å². The van der Waals surface area contributed by atoms with Gasteiger partial charge in [-0.2, -0.15) is 10.2 Å². The van der Waals surface area contributed by atoms with E-state index in [1.54, 1.807) is 15.6 Å². The van der Waals surface area contributed by atoms with Crippen LogP contribution in [0.2, 0.25) is 0 Å². The van der Waals surface area contributed by atoms with Gasteiger partial charge in [0.15, 0.2) is 0 Å². The minimum atomic E-state index is -0.386. The Hall–Kier alpha value is -1.40. The van der Waals surface area contributed by atoms with E-state index in [0.29, 0.717) is 19.6 Å². The highest BCUT2D eigenvalue weighted by Crippen LogP contribution is 1.97. The van der Waals surface area contributed by atoms with Gasteiger partial charge in [-0.25, -0.2) is 4.39 Å².